The molecule has 1 aliphatic rings. The van der Waals surface area contributed by atoms with Crippen molar-refractivity contribution in [1.29, 1.82) is 0 Å². The summed E-state index contributed by atoms with van der Waals surface area (Å²) in [5.74, 6) is 2.29. The highest BCUT2D eigenvalue weighted by Crippen LogP contribution is 2.50. The molecule has 0 saturated heterocycles. The van der Waals surface area contributed by atoms with Gasteiger partial charge in [-0.2, -0.15) is 0 Å². The van der Waals surface area contributed by atoms with Crippen LogP contribution >= 0.6 is 0 Å². The zero-order chi connectivity index (χ0) is 24.6. The molecule has 0 atom stereocenters. The van der Waals surface area contributed by atoms with Crippen LogP contribution in [0.5, 0.6) is 17.2 Å². The minimum atomic E-state index is 0.425. The number of hydrogen-bond acceptors (Lipinski definition) is 5. The number of fused-ring (bicyclic) bond motifs is 3. The van der Waals surface area contributed by atoms with Crippen molar-refractivity contribution >= 4 is 28.1 Å². The van der Waals surface area contributed by atoms with Gasteiger partial charge >= 0.3 is 0 Å². The molecule has 37 heavy (non-hydrogen) atoms. The lowest BCUT2D eigenvalue weighted by Crippen LogP contribution is -2.16. The highest BCUT2D eigenvalue weighted by molar-refractivity contribution is 5.87. The second kappa shape index (κ2) is 8.84. The molecule has 1 aromatic heterocycles. The van der Waals surface area contributed by atoms with E-state index in [1.807, 2.05) is 91.0 Å². The van der Waals surface area contributed by atoms with Crippen LogP contribution in [0.3, 0.4) is 0 Å². The van der Waals surface area contributed by atoms with Crippen molar-refractivity contribution in [3.8, 4) is 22.9 Å². The standard InChI is InChI=1S/C31H22N4O2/c1-2-10-22(11-3-1)21-36-31-20-23(18-19-28(31)35-32-24-12-4-5-13-25(24)33-35)34-26-14-6-8-16-29(26)37-30-17-9-7-15-27(30)34/h1-20H,21H2. The molecule has 0 unspecified atom stereocenters. The first-order chi connectivity index (χ1) is 18.3. The third-order valence-electron chi connectivity index (χ3n) is 6.37. The molecule has 0 radical (unpaired) electrons. The van der Waals surface area contributed by atoms with Crippen LogP contribution in [0, 0.1) is 0 Å². The summed E-state index contributed by atoms with van der Waals surface area (Å²) in [7, 11) is 0. The summed E-state index contributed by atoms with van der Waals surface area (Å²) in [5, 5.41) is 9.41. The summed E-state index contributed by atoms with van der Waals surface area (Å²) < 4.78 is 12.6. The maximum absolute atomic E-state index is 6.42. The van der Waals surface area contributed by atoms with Gasteiger partial charge in [0.1, 0.15) is 29.1 Å². The fraction of sp³-hybridized carbons (Fsp3) is 0.0323. The van der Waals surface area contributed by atoms with Gasteiger partial charge in [-0.15, -0.1) is 15.0 Å². The Bertz CT molecular complexity index is 1650. The van der Waals surface area contributed by atoms with Gasteiger partial charge in [0.2, 0.25) is 0 Å². The van der Waals surface area contributed by atoms with Crippen LogP contribution in [-0.2, 0) is 6.61 Å². The van der Waals surface area contributed by atoms with Crippen LogP contribution < -0.4 is 14.4 Å². The SMILES string of the molecule is c1ccc(COc2cc(N3c4ccccc4Oc4ccccc43)ccc2-n2nc3ccccc3n2)cc1. The summed E-state index contributed by atoms with van der Waals surface area (Å²) >= 11 is 0. The lowest BCUT2D eigenvalue weighted by Gasteiger charge is -2.33. The van der Waals surface area contributed by atoms with Gasteiger partial charge in [-0.05, 0) is 54.1 Å². The predicted octanol–water partition coefficient (Wildman–Crippen LogP) is 7.58. The van der Waals surface area contributed by atoms with Crippen LogP contribution in [0.1, 0.15) is 5.56 Å². The molecule has 0 saturated carbocycles. The van der Waals surface area contributed by atoms with Crippen molar-refractivity contribution in [3.05, 3.63) is 127 Å². The highest BCUT2D eigenvalue weighted by Gasteiger charge is 2.26. The summed E-state index contributed by atoms with van der Waals surface area (Å²) in [5.41, 5.74) is 6.39. The van der Waals surface area contributed by atoms with Crippen molar-refractivity contribution in [1.82, 2.24) is 15.0 Å². The summed E-state index contributed by atoms with van der Waals surface area (Å²) in [4.78, 5) is 3.84. The molecule has 2 heterocycles. The average molecular weight is 483 g/mol. The minimum Gasteiger partial charge on any atom is -0.486 e. The van der Waals surface area contributed by atoms with E-state index in [4.69, 9.17) is 19.7 Å². The quantitative estimate of drug-likeness (QED) is 0.253. The molecule has 5 aromatic carbocycles. The number of para-hydroxylation sites is 4. The van der Waals surface area contributed by atoms with Crippen LogP contribution in [0.25, 0.3) is 16.7 Å². The molecule has 0 aliphatic carbocycles. The lowest BCUT2D eigenvalue weighted by atomic mass is 10.1. The minimum absolute atomic E-state index is 0.425. The Morgan fingerprint density at radius 1 is 0.595 bits per heavy atom. The van der Waals surface area contributed by atoms with Crippen molar-refractivity contribution < 1.29 is 9.47 Å². The van der Waals surface area contributed by atoms with E-state index in [0.717, 1.165) is 50.8 Å². The van der Waals surface area contributed by atoms with E-state index < -0.39 is 0 Å². The van der Waals surface area contributed by atoms with Gasteiger partial charge in [0, 0.05) is 6.07 Å². The number of rotatable bonds is 5. The molecule has 6 aromatic rings. The number of nitrogens with zero attached hydrogens (tertiary/aromatic N) is 4. The topological polar surface area (TPSA) is 52.4 Å². The summed E-state index contributed by atoms with van der Waals surface area (Å²) in [6, 6.07) is 40.2. The second-order valence-corrected chi connectivity index (χ2v) is 8.78. The molecular formula is C31H22N4O2. The van der Waals surface area contributed by atoms with Gasteiger partial charge in [-0.3, -0.25) is 0 Å². The molecule has 0 fully saturated rings. The molecule has 6 heteroatoms. The molecule has 0 bridgehead atoms. The van der Waals surface area contributed by atoms with Gasteiger partial charge in [-0.1, -0.05) is 66.7 Å². The number of ether oxygens (including phenoxy) is 2. The van der Waals surface area contributed by atoms with E-state index in [1.54, 1.807) is 4.80 Å². The van der Waals surface area contributed by atoms with Gasteiger partial charge in [0.25, 0.3) is 0 Å². The predicted molar refractivity (Wildman–Crippen MR) is 144 cm³/mol. The van der Waals surface area contributed by atoms with Crippen molar-refractivity contribution in [2.24, 2.45) is 0 Å². The fourth-order valence-corrected chi connectivity index (χ4v) is 4.61. The third kappa shape index (κ3) is 3.85. The number of hydrogen-bond donors (Lipinski definition) is 0. The maximum Gasteiger partial charge on any atom is 0.151 e. The molecule has 0 amide bonds. The van der Waals surface area contributed by atoms with E-state index in [9.17, 15) is 0 Å². The van der Waals surface area contributed by atoms with E-state index in [-0.39, 0.29) is 0 Å². The van der Waals surface area contributed by atoms with E-state index in [1.165, 1.54) is 0 Å². The third-order valence-corrected chi connectivity index (χ3v) is 6.37. The Hall–Kier alpha value is -5.10. The van der Waals surface area contributed by atoms with Crippen LogP contribution in [0.4, 0.5) is 17.1 Å². The van der Waals surface area contributed by atoms with Crippen molar-refractivity contribution in [2.45, 2.75) is 6.61 Å². The summed E-state index contributed by atoms with van der Waals surface area (Å²) in [6.45, 7) is 0.425. The Morgan fingerprint density at radius 2 is 1.19 bits per heavy atom. The molecule has 1 aliphatic heterocycles. The van der Waals surface area contributed by atoms with Crippen molar-refractivity contribution in [2.75, 3.05) is 4.90 Å². The Labute approximate surface area is 213 Å². The molecule has 0 spiro atoms. The monoisotopic (exact) mass is 482 g/mol. The van der Waals surface area contributed by atoms with E-state index in [2.05, 4.69) is 35.2 Å². The second-order valence-electron chi connectivity index (χ2n) is 8.78. The van der Waals surface area contributed by atoms with Gasteiger partial charge in [0.05, 0.1) is 17.1 Å². The first-order valence-electron chi connectivity index (χ1n) is 12.1. The maximum atomic E-state index is 6.42. The largest absolute Gasteiger partial charge is 0.486 e. The van der Waals surface area contributed by atoms with Gasteiger partial charge < -0.3 is 14.4 Å². The van der Waals surface area contributed by atoms with Crippen LogP contribution in [0.2, 0.25) is 0 Å². The Balaban J connectivity index is 1.36. The van der Waals surface area contributed by atoms with E-state index >= 15 is 0 Å². The van der Waals surface area contributed by atoms with Gasteiger partial charge in [-0.25, -0.2) is 0 Å². The molecule has 178 valence electrons. The van der Waals surface area contributed by atoms with Crippen molar-refractivity contribution in [3.63, 3.8) is 0 Å². The summed E-state index contributed by atoms with van der Waals surface area (Å²) in [6.07, 6.45) is 0. The first kappa shape index (κ1) is 21.2. The average Bonchev–Trinajstić information content (AvgIpc) is 3.39. The fourth-order valence-electron chi connectivity index (χ4n) is 4.61. The first-order valence-corrected chi connectivity index (χ1v) is 12.1. The highest BCUT2D eigenvalue weighted by atomic mass is 16.5. The van der Waals surface area contributed by atoms with Gasteiger partial charge in [0.15, 0.2) is 11.5 Å². The molecule has 7 rings (SSSR count). The normalized spacial score (nSPS) is 12.1. The Kier molecular flexibility index (Phi) is 5.07. The zero-order valence-electron chi connectivity index (χ0n) is 19.9. The number of anilines is 3. The van der Waals surface area contributed by atoms with Crippen LogP contribution in [-0.4, -0.2) is 15.0 Å². The lowest BCUT2D eigenvalue weighted by molar-refractivity contribution is 0.304. The van der Waals surface area contributed by atoms with E-state index in [0.29, 0.717) is 12.4 Å². The number of aromatic nitrogens is 3. The number of benzene rings is 5. The smallest absolute Gasteiger partial charge is 0.151 e. The molecular weight excluding hydrogens is 460 g/mol. The Morgan fingerprint density at radius 3 is 1.86 bits per heavy atom. The molecule has 6 nitrogen and oxygen atoms in total. The zero-order valence-corrected chi connectivity index (χ0v) is 19.9. The molecule has 0 N–H and O–H groups in total. The van der Waals surface area contributed by atoms with Crippen LogP contribution in [0.15, 0.2) is 121 Å².